The third-order valence-electron chi connectivity index (χ3n) is 1.59. The molecule has 0 amide bonds. The van der Waals surface area contributed by atoms with Crippen LogP contribution in [0.15, 0.2) is 36.7 Å². The van der Waals surface area contributed by atoms with E-state index in [1.807, 2.05) is 0 Å². The van der Waals surface area contributed by atoms with Gasteiger partial charge >= 0.3 is 0 Å². The van der Waals surface area contributed by atoms with Gasteiger partial charge in [0.05, 0.1) is 12.4 Å². The monoisotopic (exact) mass is 208 g/mol. The number of hydrogen-bond acceptors (Lipinski definition) is 3. The van der Waals surface area contributed by atoms with Crippen molar-refractivity contribution >= 4 is 0 Å². The Morgan fingerprint density at radius 1 is 1.13 bits per heavy atom. The lowest BCUT2D eigenvalue weighted by molar-refractivity contribution is 0.439. The average Bonchev–Trinajstić information content (AvgIpc) is 2.17. The number of nitrogens with zero attached hydrogens (tertiary/aromatic N) is 2. The summed E-state index contributed by atoms with van der Waals surface area (Å²) < 4.78 is 30.5. The summed E-state index contributed by atoms with van der Waals surface area (Å²) in [5, 5.41) is 0. The van der Waals surface area contributed by atoms with Crippen LogP contribution in [0.5, 0.6) is 11.6 Å². The molecule has 0 spiro atoms. The summed E-state index contributed by atoms with van der Waals surface area (Å²) in [4.78, 5) is 7.04. The Balaban J connectivity index is 2.22. The van der Waals surface area contributed by atoms with Gasteiger partial charge in [-0.25, -0.2) is 4.39 Å². The Morgan fingerprint density at radius 3 is 2.73 bits per heavy atom. The van der Waals surface area contributed by atoms with E-state index < -0.39 is 11.8 Å². The largest absolute Gasteiger partial charge is 0.437 e. The van der Waals surface area contributed by atoms with Crippen molar-refractivity contribution in [2.75, 3.05) is 0 Å². The van der Waals surface area contributed by atoms with E-state index in [9.17, 15) is 8.78 Å². The summed E-state index contributed by atoms with van der Waals surface area (Å²) in [6.07, 6.45) is 2.36. The van der Waals surface area contributed by atoms with Gasteiger partial charge < -0.3 is 4.74 Å². The molecule has 0 radical (unpaired) electrons. The predicted octanol–water partition coefficient (Wildman–Crippen LogP) is 2.55. The van der Waals surface area contributed by atoms with Gasteiger partial charge in [-0.05, 0) is 6.07 Å². The van der Waals surface area contributed by atoms with Crippen molar-refractivity contribution in [1.29, 1.82) is 0 Å². The fraction of sp³-hybridized carbons (Fsp3) is 0. The van der Waals surface area contributed by atoms with Crippen molar-refractivity contribution in [3.05, 3.63) is 48.4 Å². The summed E-state index contributed by atoms with van der Waals surface area (Å²) in [5.41, 5.74) is 0. The van der Waals surface area contributed by atoms with E-state index >= 15 is 0 Å². The summed E-state index contributed by atoms with van der Waals surface area (Å²) in [7, 11) is 0. The van der Waals surface area contributed by atoms with Crippen LogP contribution in [0.4, 0.5) is 8.78 Å². The Morgan fingerprint density at radius 2 is 2.00 bits per heavy atom. The van der Waals surface area contributed by atoms with Crippen LogP contribution in [-0.4, -0.2) is 9.97 Å². The zero-order chi connectivity index (χ0) is 10.7. The normalized spacial score (nSPS) is 10.0. The smallest absolute Gasteiger partial charge is 0.221 e. The first-order valence-electron chi connectivity index (χ1n) is 4.15. The number of hydrogen-bond donors (Lipinski definition) is 0. The molecule has 0 aliphatic rings. The molecule has 2 rings (SSSR count). The lowest BCUT2D eigenvalue weighted by Gasteiger charge is -2.03. The highest BCUT2D eigenvalue weighted by atomic mass is 19.1. The molecule has 15 heavy (non-hydrogen) atoms. The summed E-state index contributed by atoms with van der Waals surface area (Å²) in [6, 6.07) is 5.24. The molecule has 76 valence electrons. The molecule has 0 atom stereocenters. The standard InChI is InChI=1S/C10H6F2N2O/c11-7-4-8(6-13-5-7)15-10-3-1-2-9(12)14-10/h1-6H. The minimum absolute atomic E-state index is 0.0578. The van der Waals surface area contributed by atoms with Crippen LogP contribution in [0.1, 0.15) is 0 Å². The minimum atomic E-state index is -0.656. The molecule has 0 fully saturated rings. The van der Waals surface area contributed by atoms with E-state index in [0.29, 0.717) is 0 Å². The van der Waals surface area contributed by atoms with Gasteiger partial charge in [-0.3, -0.25) is 4.98 Å². The van der Waals surface area contributed by atoms with Crippen molar-refractivity contribution in [3.8, 4) is 11.6 Å². The number of aromatic nitrogens is 2. The quantitative estimate of drug-likeness (QED) is 0.711. The molecule has 0 N–H and O–H groups in total. The molecule has 2 heterocycles. The van der Waals surface area contributed by atoms with E-state index in [-0.39, 0.29) is 11.6 Å². The zero-order valence-corrected chi connectivity index (χ0v) is 7.52. The fourth-order valence-corrected chi connectivity index (χ4v) is 1.02. The van der Waals surface area contributed by atoms with Gasteiger partial charge in [-0.2, -0.15) is 9.37 Å². The molecule has 3 nitrogen and oxygen atoms in total. The van der Waals surface area contributed by atoms with Crippen LogP contribution >= 0.6 is 0 Å². The van der Waals surface area contributed by atoms with Crippen LogP contribution in [0.2, 0.25) is 0 Å². The molecule has 0 saturated carbocycles. The Kier molecular flexibility index (Phi) is 2.53. The van der Waals surface area contributed by atoms with E-state index in [4.69, 9.17) is 4.74 Å². The Bertz CT molecular complexity index is 433. The highest BCUT2D eigenvalue weighted by Gasteiger charge is 2.01. The predicted molar refractivity (Wildman–Crippen MR) is 48.5 cm³/mol. The number of ether oxygens (including phenoxy) is 1. The van der Waals surface area contributed by atoms with E-state index in [2.05, 4.69) is 9.97 Å². The second-order valence-corrected chi connectivity index (χ2v) is 2.74. The van der Waals surface area contributed by atoms with Gasteiger partial charge in [0.1, 0.15) is 5.82 Å². The highest BCUT2D eigenvalue weighted by molar-refractivity contribution is 5.23. The molecular weight excluding hydrogens is 202 g/mol. The third-order valence-corrected chi connectivity index (χ3v) is 1.59. The second-order valence-electron chi connectivity index (χ2n) is 2.74. The minimum Gasteiger partial charge on any atom is -0.437 e. The van der Waals surface area contributed by atoms with Gasteiger partial charge in [0.15, 0.2) is 5.75 Å². The van der Waals surface area contributed by atoms with Crippen molar-refractivity contribution in [2.24, 2.45) is 0 Å². The lowest BCUT2D eigenvalue weighted by Crippen LogP contribution is -1.91. The van der Waals surface area contributed by atoms with E-state index in [1.54, 1.807) is 0 Å². The van der Waals surface area contributed by atoms with Gasteiger partial charge in [0, 0.05) is 12.1 Å². The van der Waals surface area contributed by atoms with E-state index in [1.165, 1.54) is 24.4 Å². The van der Waals surface area contributed by atoms with Crippen LogP contribution in [0.3, 0.4) is 0 Å². The van der Waals surface area contributed by atoms with Gasteiger partial charge in [0.25, 0.3) is 0 Å². The summed E-state index contributed by atoms with van der Waals surface area (Å²) in [6.45, 7) is 0. The molecule has 2 aromatic rings. The number of halogens is 2. The SMILES string of the molecule is Fc1cncc(Oc2cccc(F)n2)c1. The van der Waals surface area contributed by atoms with Crippen molar-refractivity contribution in [3.63, 3.8) is 0 Å². The third kappa shape index (κ3) is 2.46. The summed E-state index contributed by atoms with van der Waals surface area (Å²) in [5.74, 6) is -0.948. The molecule has 5 heteroatoms. The maximum atomic E-state index is 12.7. The maximum absolute atomic E-state index is 12.7. The van der Waals surface area contributed by atoms with Crippen LogP contribution in [0.25, 0.3) is 0 Å². The summed E-state index contributed by atoms with van der Waals surface area (Å²) >= 11 is 0. The van der Waals surface area contributed by atoms with Crippen molar-refractivity contribution < 1.29 is 13.5 Å². The molecular formula is C10H6F2N2O. The van der Waals surface area contributed by atoms with Crippen LogP contribution < -0.4 is 4.74 Å². The number of pyridine rings is 2. The highest BCUT2D eigenvalue weighted by Crippen LogP contribution is 2.18. The molecule has 0 aromatic carbocycles. The van der Waals surface area contributed by atoms with E-state index in [0.717, 1.165) is 12.3 Å². The first kappa shape index (κ1) is 9.51. The van der Waals surface area contributed by atoms with Gasteiger partial charge in [-0.15, -0.1) is 0 Å². The number of rotatable bonds is 2. The molecule has 0 bridgehead atoms. The van der Waals surface area contributed by atoms with Crippen molar-refractivity contribution in [1.82, 2.24) is 9.97 Å². The van der Waals surface area contributed by atoms with Gasteiger partial charge in [0.2, 0.25) is 11.8 Å². The van der Waals surface area contributed by atoms with Crippen LogP contribution in [-0.2, 0) is 0 Å². The van der Waals surface area contributed by atoms with Crippen molar-refractivity contribution in [2.45, 2.75) is 0 Å². The molecule has 0 aliphatic heterocycles. The average molecular weight is 208 g/mol. The first-order chi connectivity index (χ1) is 7.24. The first-order valence-corrected chi connectivity index (χ1v) is 4.15. The Hall–Kier alpha value is -2.04. The molecule has 0 saturated heterocycles. The molecule has 0 unspecified atom stereocenters. The Labute approximate surface area is 84.4 Å². The van der Waals surface area contributed by atoms with Gasteiger partial charge in [-0.1, -0.05) is 6.07 Å². The maximum Gasteiger partial charge on any atom is 0.221 e. The second kappa shape index (κ2) is 4.00. The zero-order valence-electron chi connectivity index (χ0n) is 7.52. The van der Waals surface area contributed by atoms with Crippen LogP contribution in [0, 0.1) is 11.8 Å². The lowest BCUT2D eigenvalue weighted by atomic mass is 10.4. The topological polar surface area (TPSA) is 35.0 Å². The fourth-order valence-electron chi connectivity index (χ4n) is 1.02. The molecule has 2 aromatic heterocycles. The molecule has 0 aliphatic carbocycles.